The maximum Gasteiger partial charge on any atom is 0.0965 e. The summed E-state index contributed by atoms with van der Waals surface area (Å²) in [7, 11) is 2.18. The Labute approximate surface area is 99.2 Å². The average Bonchev–Trinajstić information content (AvgIpc) is 2.49. The Hall–Kier alpha value is -0.630. The molecule has 1 heterocycles. The van der Waals surface area contributed by atoms with E-state index in [4.69, 9.17) is 5.26 Å². The molecule has 0 saturated carbocycles. The van der Waals surface area contributed by atoms with Crippen molar-refractivity contribution in [3.63, 3.8) is 0 Å². The van der Waals surface area contributed by atoms with E-state index in [-0.39, 0.29) is 6.04 Å². The molecule has 1 atom stereocenters. The topological polar surface area (TPSA) is 42.3 Å². The normalized spacial score (nSPS) is 21.3. The molecule has 0 radical (unpaired) electrons. The van der Waals surface area contributed by atoms with Gasteiger partial charge in [-0.15, -0.1) is 0 Å². The molecule has 1 unspecified atom stereocenters. The minimum Gasteiger partial charge on any atom is -0.305 e. The number of rotatable bonds is 5. The second kappa shape index (κ2) is 7.61. The molecule has 1 N–H and O–H groups in total. The van der Waals surface area contributed by atoms with Gasteiger partial charge in [-0.05, 0) is 39.5 Å². The number of nitriles is 1. The summed E-state index contributed by atoms with van der Waals surface area (Å²) in [5.74, 6) is 0. The van der Waals surface area contributed by atoms with E-state index in [9.17, 15) is 0 Å². The average molecular weight is 224 g/mol. The fourth-order valence-corrected chi connectivity index (χ4v) is 2.09. The Morgan fingerprint density at radius 2 is 2.12 bits per heavy atom. The molecule has 0 bridgehead atoms. The second-order valence-electron chi connectivity index (χ2n) is 4.53. The Morgan fingerprint density at radius 1 is 1.31 bits per heavy atom. The molecular weight excluding hydrogens is 200 g/mol. The van der Waals surface area contributed by atoms with Gasteiger partial charge in [0.1, 0.15) is 0 Å². The monoisotopic (exact) mass is 224 g/mol. The lowest BCUT2D eigenvalue weighted by Crippen LogP contribution is -2.35. The molecule has 4 heteroatoms. The number of hydrogen-bond acceptors (Lipinski definition) is 4. The molecule has 0 aromatic rings. The smallest absolute Gasteiger partial charge is 0.0965 e. The Kier molecular flexibility index (Phi) is 6.39. The van der Waals surface area contributed by atoms with E-state index in [1.165, 1.54) is 19.5 Å². The molecule has 1 aliphatic heterocycles. The maximum absolute atomic E-state index is 8.94. The van der Waals surface area contributed by atoms with Crippen molar-refractivity contribution in [2.24, 2.45) is 0 Å². The van der Waals surface area contributed by atoms with Crippen LogP contribution in [0.15, 0.2) is 0 Å². The summed E-state index contributed by atoms with van der Waals surface area (Å²) in [6.45, 7) is 8.63. The van der Waals surface area contributed by atoms with E-state index >= 15 is 0 Å². The van der Waals surface area contributed by atoms with Crippen molar-refractivity contribution in [1.29, 1.82) is 5.26 Å². The fourth-order valence-electron chi connectivity index (χ4n) is 2.09. The summed E-state index contributed by atoms with van der Waals surface area (Å²) in [6, 6.07) is 2.34. The van der Waals surface area contributed by atoms with Crippen LogP contribution in [0.5, 0.6) is 0 Å². The highest BCUT2D eigenvalue weighted by Gasteiger charge is 2.13. The first-order chi connectivity index (χ1) is 7.76. The standard InChI is InChI=1S/C12H24N4/c1-3-14-12(11-13)5-8-16-7-4-6-15(2)9-10-16/h12,14H,3-10H2,1-2H3. The minimum absolute atomic E-state index is 0.0194. The van der Waals surface area contributed by atoms with Gasteiger partial charge < -0.3 is 15.1 Å². The SMILES string of the molecule is CCNC(C#N)CCN1CCCN(C)CC1. The molecular formula is C12H24N4. The van der Waals surface area contributed by atoms with Gasteiger partial charge in [0.15, 0.2) is 0 Å². The molecule has 0 spiro atoms. The Balaban J connectivity index is 2.23. The summed E-state index contributed by atoms with van der Waals surface area (Å²) >= 11 is 0. The summed E-state index contributed by atoms with van der Waals surface area (Å²) in [5, 5.41) is 12.1. The van der Waals surface area contributed by atoms with Crippen LogP contribution in [0.4, 0.5) is 0 Å². The van der Waals surface area contributed by atoms with Crippen molar-refractivity contribution in [3.05, 3.63) is 0 Å². The zero-order valence-corrected chi connectivity index (χ0v) is 10.6. The molecule has 1 saturated heterocycles. The van der Waals surface area contributed by atoms with Gasteiger partial charge in [0.05, 0.1) is 12.1 Å². The van der Waals surface area contributed by atoms with Crippen LogP contribution < -0.4 is 5.32 Å². The zero-order chi connectivity index (χ0) is 11.8. The van der Waals surface area contributed by atoms with Gasteiger partial charge in [-0.2, -0.15) is 5.26 Å². The molecule has 0 aromatic heterocycles. The van der Waals surface area contributed by atoms with E-state index in [0.29, 0.717) is 0 Å². The van der Waals surface area contributed by atoms with Gasteiger partial charge in [0.25, 0.3) is 0 Å². The molecule has 1 rings (SSSR count). The molecule has 1 fully saturated rings. The predicted molar refractivity (Wildman–Crippen MR) is 66.2 cm³/mol. The van der Waals surface area contributed by atoms with Gasteiger partial charge in [0.2, 0.25) is 0 Å². The van der Waals surface area contributed by atoms with Crippen LogP contribution in [-0.4, -0.2) is 62.2 Å². The molecule has 0 amide bonds. The lowest BCUT2D eigenvalue weighted by molar-refractivity contribution is 0.267. The lowest BCUT2D eigenvalue weighted by atomic mass is 10.2. The van der Waals surface area contributed by atoms with Gasteiger partial charge in [0, 0.05) is 19.6 Å². The van der Waals surface area contributed by atoms with Crippen molar-refractivity contribution in [2.45, 2.75) is 25.8 Å². The number of hydrogen-bond donors (Lipinski definition) is 1. The van der Waals surface area contributed by atoms with Gasteiger partial charge >= 0.3 is 0 Å². The van der Waals surface area contributed by atoms with Crippen molar-refractivity contribution < 1.29 is 0 Å². The van der Waals surface area contributed by atoms with Crippen LogP contribution in [-0.2, 0) is 0 Å². The second-order valence-corrected chi connectivity index (χ2v) is 4.53. The van der Waals surface area contributed by atoms with Crippen LogP contribution in [0.1, 0.15) is 19.8 Å². The highest BCUT2D eigenvalue weighted by Crippen LogP contribution is 2.03. The van der Waals surface area contributed by atoms with Crippen molar-refractivity contribution in [2.75, 3.05) is 46.3 Å². The molecule has 0 aliphatic carbocycles. The zero-order valence-electron chi connectivity index (χ0n) is 10.6. The van der Waals surface area contributed by atoms with E-state index < -0.39 is 0 Å². The number of nitrogens with zero attached hydrogens (tertiary/aromatic N) is 3. The third kappa shape index (κ3) is 4.93. The van der Waals surface area contributed by atoms with E-state index in [2.05, 4.69) is 28.2 Å². The van der Waals surface area contributed by atoms with Crippen molar-refractivity contribution >= 4 is 0 Å². The minimum atomic E-state index is 0.0194. The van der Waals surface area contributed by atoms with Crippen LogP contribution >= 0.6 is 0 Å². The first-order valence-electron chi connectivity index (χ1n) is 6.30. The van der Waals surface area contributed by atoms with E-state index in [0.717, 1.165) is 32.6 Å². The molecule has 4 nitrogen and oxygen atoms in total. The van der Waals surface area contributed by atoms with Gasteiger partial charge in [-0.25, -0.2) is 0 Å². The predicted octanol–water partition coefficient (Wildman–Crippen LogP) is 0.516. The molecule has 92 valence electrons. The summed E-state index contributed by atoms with van der Waals surface area (Å²) in [4.78, 5) is 4.86. The third-order valence-electron chi connectivity index (χ3n) is 3.15. The number of nitrogens with one attached hydrogen (secondary N) is 1. The molecule has 1 aliphatic rings. The van der Waals surface area contributed by atoms with E-state index in [1.54, 1.807) is 0 Å². The molecule has 0 aromatic carbocycles. The van der Waals surface area contributed by atoms with Crippen LogP contribution in [0.25, 0.3) is 0 Å². The molecule has 16 heavy (non-hydrogen) atoms. The highest BCUT2D eigenvalue weighted by atomic mass is 15.2. The Morgan fingerprint density at radius 3 is 2.81 bits per heavy atom. The van der Waals surface area contributed by atoms with Crippen LogP contribution in [0, 0.1) is 11.3 Å². The van der Waals surface area contributed by atoms with Crippen LogP contribution in [0.3, 0.4) is 0 Å². The van der Waals surface area contributed by atoms with Crippen LogP contribution in [0.2, 0.25) is 0 Å². The van der Waals surface area contributed by atoms with Crippen molar-refractivity contribution in [1.82, 2.24) is 15.1 Å². The van der Waals surface area contributed by atoms with E-state index in [1.807, 2.05) is 6.92 Å². The first-order valence-corrected chi connectivity index (χ1v) is 6.30. The Bertz CT molecular complexity index is 224. The first kappa shape index (κ1) is 13.4. The van der Waals surface area contributed by atoms with Gasteiger partial charge in [-0.3, -0.25) is 0 Å². The third-order valence-corrected chi connectivity index (χ3v) is 3.15. The fraction of sp³-hybridized carbons (Fsp3) is 0.917. The summed E-state index contributed by atoms with van der Waals surface area (Å²) < 4.78 is 0. The summed E-state index contributed by atoms with van der Waals surface area (Å²) in [5.41, 5.74) is 0. The number of likely N-dealkylation sites (N-methyl/N-ethyl adjacent to an activating group) is 1. The maximum atomic E-state index is 8.94. The highest BCUT2D eigenvalue weighted by molar-refractivity contribution is 4.89. The lowest BCUT2D eigenvalue weighted by Gasteiger charge is -2.21. The van der Waals surface area contributed by atoms with Crippen molar-refractivity contribution in [3.8, 4) is 6.07 Å². The quantitative estimate of drug-likeness (QED) is 0.739. The van der Waals surface area contributed by atoms with Gasteiger partial charge in [-0.1, -0.05) is 6.92 Å². The largest absolute Gasteiger partial charge is 0.305 e. The summed E-state index contributed by atoms with van der Waals surface area (Å²) in [6.07, 6.45) is 2.18.